The number of rotatable bonds is 3. The summed E-state index contributed by atoms with van der Waals surface area (Å²) in [6.45, 7) is 3.84. The van der Waals surface area contributed by atoms with Crippen molar-refractivity contribution in [2.45, 2.75) is 19.8 Å². The Balaban J connectivity index is 3.00. The predicted molar refractivity (Wildman–Crippen MR) is 61.5 cm³/mol. The first-order valence-corrected chi connectivity index (χ1v) is 5.44. The molecule has 0 fully saturated rings. The van der Waals surface area contributed by atoms with Gasteiger partial charge in [0, 0.05) is 15.6 Å². The highest BCUT2D eigenvalue weighted by molar-refractivity contribution is 6.36. The number of hydrogen-bond acceptors (Lipinski definition) is 2. The molecular weight excluding hydrogens is 235 g/mol. The molecule has 0 heterocycles. The van der Waals surface area contributed by atoms with Crippen LogP contribution >= 0.6 is 23.2 Å². The Morgan fingerprint density at radius 3 is 2.40 bits per heavy atom. The monoisotopic (exact) mass is 246 g/mol. The van der Waals surface area contributed by atoms with Gasteiger partial charge in [0.05, 0.1) is 12.5 Å². The number of ether oxygens (including phenoxy) is 1. The van der Waals surface area contributed by atoms with Gasteiger partial charge in [-0.1, -0.05) is 29.3 Å². The van der Waals surface area contributed by atoms with Crippen molar-refractivity contribution >= 4 is 29.2 Å². The molecule has 0 bridgehead atoms. The summed E-state index contributed by atoms with van der Waals surface area (Å²) >= 11 is 12.0. The van der Waals surface area contributed by atoms with Crippen molar-refractivity contribution in [3.05, 3.63) is 33.8 Å². The summed E-state index contributed by atoms with van der Waals surface area (Å²) < 4.78 is 4.91. The molecule has 15 heavy (non-hydrogen) atoms. The molecule has 1 unspecified atom stereocenters. The van der Waals surface area contributed by atoms with E-state index in [1.807, 2.05) is 0 Å². The summed E-state index contributed by atoms with van der Waals surface area (Å²) in [6, 6.07) is 5.16. The van der Waals surface area contributed by atoms with Crippen molar-refractivity contribution in [1.82, 2.24) is 0 Å². The number of esters is 1. The van der Waals surface area contributed by atoms with E-state index in [1.165, 1.54) is 0 Å². The summed E-state index contributed by atoms with van der Waals surface area (Å²) in [7, 11) is 0. The molecule has 0 amide bonds. The lowest BCUT2D eigenvalue weighted by Gasteiger charge is -2.13. The highest BCUT2D eigenvalue weighted by Crippen LogP contribution is 2.31. The van der Waals surface area contributed by atoms with Gasteiger partial charge in [-0.05, 0) is 26.0 Å². The summed E-state index contributed by atoms with van der Waals surface area (Å²) in [5, 5.41) is 0.978. The van der Waals surface area contributed by atoms with Gasteiger partial charge in [0.2, 0.25) is 0 Å². The average molecular weight is 247 g/mol. The molecule has 0 saturated carbocycles. The fraction of sp³-hybridized carbons (Fsp3) is 0.364. The largest absolute Gasteiger partial charge is 0.466 e. The number of halogens is 2. The summed E-state index contributed by atoms with van der Waals surface area (Å²) in [5.74, 6) is -0.751. The van der Waals surface area contributed by atoms with Crippen LogP contribution in [0.15, 0.2) is 18.2 Å². The van der Waals surface area contributed by atoms with Crippen LogP contribution in [-0.2, 0) is 9.53 Å². The van der Waals surface area contributed by atoms with E-state index < -0.39 is 5.92 Å². The van der Waals surface area contributed by atoms with Gasteiger partial charge in [-0.2, -0.15) is 0 Å². The number of benzene rings is 1. The van der Waals surface area contributed by atoms with E-state index >= 15 is 0 Å². The van der Waals surface area contributed by atoms with Crippen LogP contribution in [0.2, 0.25) is 10.0 Å². The maximum absolute atomic E-state index is 11.5. The van der Waals surface area contributed by atoms with Crippen molar-refractivity contribution in [3.8, 4) is 0 Å². The second-order valence-corrected chi connectivity index (χ2v) is 3.92. The maximum Gasteiger partial charge on any atom is 0.313 e. The molecule has 2 nitrogen and oxygen atoms in total. The maximum atomic E-state index is 11.5. The van der Waals surface area contributed by atoms with Gasteiger partial charge in [0.1, 0.15) is 0 Å². The zero-order valence-electron chi connectivity index (χ0n) is 8.59. The van der Waals surface area contributed by atoms with Gasteiger partial charge < -0.3 is 4.74 Å². The lowest BCUT2D eigenvalue weighted by molar-refractivity contribution is -0.144. The zero-order chi connectivity index (χ0) is 11.4. The quantitative estimate of drug-likeness (QED) is 0.762. The van der Waals surface area contributed by atoms with Gasteiger partial charge in [0.15, 0.2) is 0 Å². The fourth-order valence-electron chi connectivity index (χ4n) is 1.31. The van der Waals surface area contributed by atoms with Crippen molar-refractivity contribution < 1.29 is 9.53 Å². The first kappa shape index (κ1) is 12.3. The lowest BCUT2D eigenvalue weighted by Crippen LogP contribution is -2.13. The summed E-state index contributed by atoms with van der Waals surface area (Å²) in [4.78, 5) is 11.5. The molecule has 82 valence electrons. The normalized spacial score (nSPS) is 12.3. The predicted octanol–water partition coefficient (Wildman–Crippen LogP) is 3.66. The third-order valence-corrected chi connectivity index (χ3v) is 2.73. The highest BCUT2D eigenvalue weighted by atomic mass is 35.5. The van der Waals surface area contributed by atoms with E-state index in [9.17, 15) is 4.79 Å². The Morgan fingerprint density at radius 2 is 1.93 bits per heavy atom. The van der Waals surface area contributed by atoms with Gasteiger partial charge in [-0.3, -0.25) is 4.79 Å². The molecule has 1 atom stereocenters. The van der Waals surface area contributed by atoms with Crippen molar-refractivity contribution in [1.29, 1.82) is 0 Å². The van der Waals surface area contributed by atoms with Crippen LogP contribution in [0.25, 0.3) is 0 Å². The molecule has 0 aromatic heterocycles. The molecule has 1 aromatic carbocycles. The van der Waals surface area contributed by atoms with Crippen LogP contribution in [0.4, 0.5) is 0 Å². The molecule has 0 aliphatic carbocycles. The minimum absolute atomic E-state index is 0.312. The van der Waals surface area contributed by atoms with E-state index in [0.717, 1.165) is 0 Å². The van der Waals surface area contributed by atoms with Crippen molar-refractivity contribution in [3.63, 3.8) is 0 Å². The van der Waals surface area contributed by atoms with Crippen LogP contribution in [0.3, 0.4) is 0 Å². The Hall–Kier alpha value is -0.730. The molecule has 4 heteroatoms. The second kappa shape index (κ2) is 5.38. The summed E-state index contributed by atoms with van der Waals surface area (Å²) in [5.41, 5.74) is 0.624. The molecular formula is C11H12Cl2O2. The van der Waals surface area contributed by atoms with Crippen LogP contribution in [0.1, 0.15) is 25.3 Å². The standard InChI is InChI=1S/C11H12Cl2O2/c1-3-15-11(14)7(2)10-8(12)5-4-6-9(10)13/h4-7H,3H2,1-2H3. The second-order valence-electron chi connectivity index (χ2n) is 3.11. The average Bonchev–Trinajstić information content (AvgIpc) is 2.17. The fourth-order valence-corrected chi connectivity index (χ4v) is 2.03. The van der Waals surface area contributed by atoms with Gasteiger partial charge in [0.25, 0.3) is 0 Å². The number of carbonyl (C=O) groups is 1. The van der Waals surface area contributed by atoms with Crippen molar-refractivity contribution in [2.75, 3.05) is 6.61 Å². The highest BCUT2D eigenvalue weighted by Gasteiger charge is 2.21. The number of carbonyl (C=O) groups excluding carboxylic acids is 1. The summed E-state index contributed by atoms with van der Waals surface area (Å²) in [6.07, 6.45) is 0. The van der Waals surface area contributed by atoms with Crippen LogP contribution in [-0.4, -0.2) is 12.6 Å². The van der Waals surface area contributed by atoms with E-state index in [4.69, 9.17) is 27.9 Å². The van der Waals surface area contributed by atoms with E-state index in [2.05, 4.69) is 0 Å². The third kappa shape index (κ3) is 2.86. The molecule has 0 aliphatic heterocycles. The lowest BCUT2D eigenvalue weighted by atomic mass is 10.0. The first-order valence-electron chi connectivity index (χ1n) is 4.68. The Kier molecular flexibility index (Phi) is 4.43. The molecule has 0 saturated heterocycles. The Labute approximate surface area is 99.1 Å². The molecule has 0 aliphatic rings. The third-order valence-electron chi connectivity index (χ3n) is 2.07. The SMILES string of the molecule is CCOC(=O)C(C)c1c(Cl)cccc1Cl. The molecule has 0 N–H and O–H groups in total. The van der Waals surface area contributed by atoms with Crippen LogP contribution in [0.5, 0.6) is 0 Å². The van der Waals surface area contributed by atoms with Gasteiger partial charge in [-0.25, -0.2) is 0 Å². The Morgan fingerprint density at radius 1 is 1.40 bits per heavy atom. The topological polar surface area (TPSA) is 26.3 Å². The van der Waals surface area contributed by atoms with E-state index in [0.29, 0.717) is 22.2 Å². The smallest absolute Gasteiger partial charge is 0.313 e. The minimum atomic E-state index is -0.439. The molecule has 1 rings (SSSR count). The zero-order valence-corrected chi connectivity index (χ0v) is 10.1. The van der Waals surface area contributed by atoms with E-state index in [1.54, 1.807) is 32.0 Å². The van der Waals surface area contributed by atoms with Gasteiger partial charge in [-0.15, -0.1) is 0 Å². The minimum Gasteiger partial charge on any atom is -0.466 e. The Bertz CT molecular complexity index is 343. The molecule has 0 radical (unpaired) electrons. The van der Waals surface area contributed by atoms with Crippen molar-refractivity contribution in [2.24, 2.45) is 0 Å². The van der Waals surface area contributed by atoms with E-state index in [-0.39, 0.29) is 5.97 Å². The molecule has 0 spiro atoms. The molecule has 1 aromatic rings. The number of hydrogen-bond donors (Lipinski definition) is 0. The first-order chi connectivity index (χ1) is 7.07. The van der Waals surface area contributed by atoms with Crippen LogP contribution < -0.4 is 0 Å². The van der Waals surface area contributed by atoms with Crippen LogP contribution in [0, 0.1) is 0 Å². The van der Waals surface area contributed by atoms with Gasteiger partial charge >= 0.3 is 5.97 Å².